The molecular weight excluding hydrogens is 389 g/mol. The number of benzene rings is 1. The molecule has 0 saturated carbocycles. The standard InChI is InChI=1S/C18H20ClN5O2.ClH/c19-13-3-1-2-12(10-13)17(25)23-6-8-24(9-7-23)18(26)16-14-11-20-5-4-15(14)21-22-16;/h1-3,10,20H,4-9,11H2,(H,21,22);1H. The van der Waals surface area contributed by atoms with Crippen molar-refractivity contribution in [2.24, 2.45) is 0 Å². The van der Waals surface area contributed by atoms with Crippen LogP contribution in [0.3, 0.4) is 0 Å². The van der Waals surface area contributed by atoms with Crippen molar-refractivity contribution in [1.82, 2.24) is 25.3 Å². The summed E-state index contributed by atoms with van der Waals surface area (Å²) in [6.07, 6.45) is 0.859. The molecule has 2 aliphatic heterocycles. The number of aromatic amines is 1. The van der Waals surface area contributed by atoms with E-state index in [4.69, 9.17) is 11.6 Å². The molecule has 0 aliphatic carbocycles. The molecule has 1 fully saturated rings. The van der Waals surface area contributed by atoms with E-state index in [-0.39, 0.29) is 24.2 Å². The molecule has 1 saturated heterocycles. The molecule has 2 aliphatic rings. The fraction of sp³-hybridized carbons (Fsp3) is 0.389. The third-order valence-electron chi connectivity index (χ3n) is 4.93. The first-order valence-corrected chi connectivity index (χ1v) is 9.12. The predicted octanol–water partition coefficient (Wildman–Crippen LogP) is 1.73. The van der Waals surface area contributed by atoms with Crippen molar-refractivity contribution >= 4 is 35.8 Å². The molecule has 0 atom stereocenters. The van der Waals surface area contributed by atoms with Crippen LogP contribution in [0.5, 0.6) is 0 Å². The number of rotatable bonds is 2. The van der Waals surface area contributed by atoms with Crippen molar-refractivity contribution in [3.05, 3.63) is 51.8 Å². The van der Waals surface area contributed by atoms with Crippen LogP contribution in [-0.4, -0.2) is 64.5 Å². The summed E-state index contributed by atoms with van der Waals surface area (Å²) in [4.78, 5) is 28.9. The van der Waals surface area contributed by atoms with Crippen molar-refractivity contribution in [3.63, 3.8) is 0 Å². The molecule has 1 aromatic carbocycles. The Morgan fingerprint density at radius 1 is 1.07 bits per heavy atom. The van der Waals surface area contributed by atoms with Gasteiger partial charge >= 0.3 is 0 Å². The summed E-state index contributed by atoms with van der Waals surface area (Å²) in [6, 6.07) is 6.94. The number of aromatic nitrogens is 2. The van der Waals surface area contributed by atoms with Crippen LogP contribution in [-0.2, 0) is 13.0 Å². The van der Waals surface area contributed by atoms with Crippen LogP contribution in [0.25, 0.3) is 0 Å². The molecule has 2 N–H and O–H groups in total. The van der Waals surface area contributed by atoms with Gasteiger partial charge in [0, 0.05) is 67.5 Å². The van der Waals surface area contributed by atoms with E-state index in [9.17, 15) is 9.59 Å². The van der Waals surface area contributed by atoms with Crippen molar-refractivity contribution in [2.45, 2.75) is 13.0 Å². The van der Waals surface area contributed by atoms with Crippen LogP contribution in [0.15, 0.2) is 24.3 Å². The summed E-state index contributed by atoms with van der Waals surface area (Å²) >= 11 is 5.97. The second-order valence-electron chi connectivity index (χ2n) is 6.55. The number of fused-ring (bicyclic) bond motifs is 1. The van der Waals surface area contributed by atoms with Crippen molar-refractivity contribution in [3.8, 4) is 0 Å². The van der Waals surface area contributed by atoms with Gasteiger partial charge in [-0.3, -0.25) is 14.7 Å². The Morgan fingerprint density at radius 2 is 1.78 bits per heavy atom. The molecule has 7 nitrogen and oxygen atoms in total. The number of carbonyl (C=O) groups is 2. The maximum atomic E-state index is 12.8. The normalized spacial score (nSPS) is 16.5. The van der Waals surface area contributed by atoms with Gasteiger partial charge < -0.3 is 15.1 Å². The molecule has 144 valence electrons. The first-order valence-electron chi connectivity index (χ1n) is 8.74. The average Bonchev–Trinajstić information content (AvgIpc) is 3.11. The van der Waals surface area contributed by atoms with Crippen LogP contribution in [0.1, 0.15) is 32.1 Å². The zero-order valence-electron chi connectivity index (χ0n) is 14.7. The van der Waals surface area contributed by atoms with E-state index in [1.54, 1.807) is 34.1 Å². The first kappa shape index (κ1) is 19.7. The summed E-state index contributed by atoms with van der Waals surface area (Å²) in [5.41, 5.74) is 3.09. The monoisotopic (exact) mass is 409 g/mol. The highest BCUT2D eigenvalue weighted by Crippen LogP contribution is 2.19. The topological polar surface area (TPSA) is 81.3 Å². The van der Waals surface area contributed by atoms with E-state index in [2.05, 4.69) is 15.5 Å². The average molecular weight is 410 g/mol. The Balaban J connectivity index is 0.00000210. The molecule has 0 bridgehead atoms. The van der Waals surface area contributed by atoms with Crippen molar-refractivity contribution < 1.29 is 9.59 Å². The van der Waals surface area contributed by atoms with Crippen LogP contribution in [0.4, 0.5) is 0 Å². The van der Waals surface area contributed by atoms with Crippen LogP contribution in [0, 0.1) is 0 Å². The maximum Gasteiger partial charge on any atom is 0.274 e. The smallest absolute Gasteiger partial charge is 0.274 e. The zero-order valence-corrected chi connectivity index (χ0v) is 16.3. The van der Waals surface area contributed by atoms with Crippen molar-refractivity contribution in [1.29, 1.82) is 0 Å². The number of amides is 2. The number of halogens is 2. The number of nitrogens with one attached hydrogen (secondary N) is 2. The third-order valence-corrected chi connectivity index (χ3v) is 5.17. The Morgan fingerprint density at radius 3 is 2.48 bits per heavy atom. The summed E-state index contributed by atoms with van der Waals surface area (Å²) in [6.45, 7) is 3.57. The van der Waals surface area contributed by atoms with Gasteiger partial charge in [-0.2, -0.15) is 5.10 Å². The molecule has 4 rings (SSSR count). The van der Waals surface area contributed by atoms with Gasteiger partial charge in [0.2, 0.25) is 0 Å². The molecule has 0 spiro atoms. The summed E-state index contributed by atoms with van der Waals surface area (Å²) in [5, 5.41) is 11.0. The highest BCUT2D eigenvalue weighted by molar-refractivity contribution is 6.30. The van der Waals surface area contributed by atoms with Crippen molar-refractivity contribution in [2.75, 3.05) is 32.7 Å². The van der Waals surface area contributed by atoms with E-state index in [0.29, 0.717) is 49.0 Å². The van der Waals surface area contributed by atoms with E-state index in [1.165, 1.54) is 0 Å². The lowest BCUT2D eigenvalue weighted by molar-refractivity contribution is 0.0531. The van der Waals surface area contributed by atoms with Gasteiger partial charge in [-0.25, -0.2) is 0 Å². The maximum absolute atomic E-state index is 12.8. The Bertz CT molecular complexity index is 846. The number of H-pyrrole nitrogens is 1. The summed E-state index contributed by atoms with van der Waals surface area (Å²) in [7, 11) is 0. The van der Waals surface area contributed by atoms with Crippen LogP contribution >= 0.6 is 24.0 Å². The molecular formula is C18H21Cl2N5O2. The van der Waals surface area contributed by atoms with Gasteiger partial charge in [0.15, 0.2) is 5.69 Å². The van der Waals surface area contributed by atoms with Gasteiger partial charge in [-0.15, -0.1) is 12.4 Å². The molecule has 3 heterocycles. The highest BCUT2D eigenvalue weighted by Gasteiger charge is 2.29. The lowest BCUT2D eigenvalue weighted by Crippen LogP contribution is -2.50. The minimum atomic E-state index is -0.0685. The lowest BCUT2D eigenvalue weighted by atomic mass is 10.1. The van der Waals surface area contributed by atoms with Gasteiger partial charge in [0.25, 0.3) is 11.8 Å². The second kappa shape index (κ2) is 8.29. The number of nitrogens with zero attached hydrogens (tertiary/aromatic N) is 3. The number of piperazine rings is 1. The first-order chi connectivity index (χ1) is 12.6. The van der Waals surface area contributed by atoms with Crippen LogP contribution in [0.2, 0.25) is 5.02 Å². The fourth-order valence-electron chi connectivity index (χ4n) is 3.47. The molecule has 1 aromatic heterocycles. The summed E-state index contributed by atoms with van der Waals surface area (Å²) < 4.78 is 0. The Labute approximate surface area is 168 Å². The lowest BCUT2D eigenvalue weighted by Gasteiger charge is -2.34. The van der Waals surface area contributed by atoms with Crippen LogP contribution < -0.4 is 5.32 Å². The molecule has 2 amide bonds. The summed E-state index contributed by atoms with van der Waals surface area (Å²) in [5.74, 6) is -0.123. The van der Waals surface area contributed by atoms with Gasteiger partial charge in [0.1, 0.15) is 0 Å². The Kier molecular flexibility index (Phi) is 6.04. The predicted molar refractivity (Wildman–Crippen MR) is 105 cm³/mol. The molecule has 27 heavy (non-hydrogen) atoms. The number of hydrogen-bond acceptors (Lipinski definition) is 4. The van der Waals surface area contributed by atoms with E-state index < -0.39 is 0 Å². The van der Waals surface area contributed by atoms with Gasteiger partial charge in [-0.1, -0.05) is 17.7 Å². The minimum Gasteiger partial charge on any atom is -0.335 e. The number of carbonyl (C=O) groups excluding carboxylic acids is 2. The molecule has 9 heteroatoms. The second-order valence-corrected chi connectivity index (χ2v) is 6.99. The minimum absolute atomic E-state index is 0. The Hall–Kier alpha value is -2.09. The molecule has 0 unspecified atom stereocenters. The highest BCUT2D eigenvalue weighted by atomic mass is 35.5. The zero-order chi connectivity index (χ0) is 18.1. The number of hydrogen-bond donors (Lipinski definition) is 2. The van der Waals surface area contributed by atoms with E-state index in [1.807, 2.05) is 0 Å². The fourth-order valence-corrected chi connectivity index (χ4v) is 3.66. The van der Waals surface area contributed by atoms with Gasteiger partial charge in [0.05, 0.1) is 0 Å². The van der Waals surface area contributed by atoms with Gasteiger partial charge in [-0.05, 0) is 18.2 Å². The SMILES string of the molecule is Cl.O=C(c1cccc(Cl)c1)N1CCN(C(=O)c2n[nH]c3c2CNCC3)CC1. The molecule has 0 radical (unpaired) electrons. The van der Waals surface area contributed by atoms with E-state index >= 15 is 0 Å². The quantitative estimate of drug-likeness (QED) is 0.790. The molecule has 2 aromatic rings. The third kappa shape index (κ3) is 3.95. The largest absolute Gasteiger partial charge is 0.335 e. The van der Waals surface area contributed by atoms with E-state index in [0.717, 1.165) is 24.2 Å².